The minimum absolute atomic E-state index is 0.657. The zero-order valence-electron chi connectivity index (χ0n) is 8.33. The standard InChI is InChI=1S/C11H11IN2O/c1-13-7-11-14-6-10(15-11)8-2-4-9(12)5-3-8/h2-6,13H,7H2,1H3. The zero-order chi connectivity index (χ0) is 10.7. The maximum atomic E-state index is 5.57. The van der Waals surface area contributed by atoms with Crippen LogP contribution in [0.4, 0.5) is 0 Å². The van der Waals surface area contributed by atoms with Gasteiger partial charge in [-0.1, -0.05) is 12.1 Å². The second kappa shape index (κ2) is 4.76. The molecule has 0 saturated carbocycles. The highest BCUT2D eigenvalue weighted by molar-refractivity contribution is 14.1. The van der Waals surface area contributed by atoms with E-state index in [4.69, 9.17) is 4.42 Å². The molecule has 0 aliphatic carbocycles. The smallest absolute Gasteiger partial charge is 0.208 e. The van der Waals surface area contributed by atoms with Gasteiger partial charge in [0.2, 0.25) is 5.89 Å². The van der Waals surface area contributed by atoms with E-state index in [0.717, 1.165) is 11.3 Å². The third kappa shape index (κ3) is 2.57. The van der Waals surface area contributed by atoms with Gasteiger partial charge in [0.25, 0.3) is 0 Å². The molecule has 0 bridgehead atoms. The van der Waals surface area contributed by atoms with Crippen LogP contribution in [0.2, 0.25) is 0 Å². The average molecular weight is 314 g/mol. The van der Waals surface area contributed by atoms with Gasteiger partial charge in [-0.05, 0) is 41.8 Å². The minimum atomic E-state index is 0.657. The van der Waals surface area contributed by atoms with E-state index in [2.05, 4.69) is 45.0 Å². The van der Waals surface area contributed by atoms with E-state index in [1.165, 1.54) is 3.57 Å². The molecule has 0 aliphatic heterocycles. The quantitative estimate of drug-likeness (QED) is 0.885. The average Bonchev–Trinajstić information content (AvgIpc) is 2.68. The number of rotatable bonds is 3. The third-order valence-corrected chi connectivity index (χ3v) is 2.73. The van der Waals surface area contributed by atoms with Crippen LogP contribution in [0.25, 0.3) is 11.3 Å². The number of benzene rings is 1. The number of nitrogens with one attached hydrogen (secondary N) is 1. The molecule has 0 atom stereocenters. The van der Waals surface area contributed by atoms with E-state index in [-0.39, 0.29) is 0 Å². The summed E-state index contributed by atoms with van der Waals surface area (Å²) in [6, 6.07) is 8.17. The first-order valence-electron chi connectivity index (χ1n) is 4.65. The highest BCUT2D eigenvalue weighted by atomic mass is 127. The Kier molecular flexibility index (Phi) is 3.37. The number of hydrogen-bond acceptors (Lipinski definition) is 3. The molecule has 0 spiro atoms. The lowest BCUT2D eigenvalue weighted by Gasteiger charge is -1.96. The van der Waals surface area contributed by atoms with Crippen molar-refractivity contribution >= 4 is 22.6 Å². The molecule has 2 rings (SSSR count). The van der Waals surface area contributed by atoms with Crippen LogP contribution >= 0.6 is 22.6 Å². The summed E-state index contributed by atoms with van der Waals surface area (Å²) < 4.78 is 6.79. The second-order valence-corrected chi connectivity index (χ2v) is 4.40. The lowest BCUT2D eigenvalue weighted by Crippen LogP contribution is -2.04. The first-order chi connectivity index (χ1) is 7.29. The maximum Gasteiger partial charge on any atom is 0.208 e. The Bertz CT molecular complexity index is 436. The van der Waals surface area contributed by atoms with Crippen molar-refractivity contribution in [2.75, 3.05) is 7.05 Å². The second-order valence-electron chi connectivity index (χ2n) is 3.16. The van der Waals surface area contributed by atoms with Gasteiger partial charge < -0.3 is 9.73 Å². The van der Waals surface area contributed by atoms with Crippen molar-refractivity contribution in [3.63, 3.8) is 0 Å². The molecule has 0 amide bonds. The van der Waals surface area contributed by atoms with E-state index in [9.17, 15) is 0 Å². The lowest BCUT2D eigenvalue weighted by atomic mass is 10.2. The van der Waals surface area contributed by atoms with E-state index in [1.807, 2.05) is 19.2 Å². The molecule has 78 valence electrons. The first-order valence-corrected chi connectivity index (χ1v) is 5.72. The topological polar surface area (TPSA) is 38.1 Å². The maximum absolute atomic E-state index is 5.57. The fraction of sp³-hybridized carbons (Fsp3) is 0.182. The summed E-state index contributed by atoms with van der Waals surface area (Å²) in [4.78, 5) is 4.17. The zero-order valence-corrected chi connectivity index (χ0v) is 10.5. The molecule has 0 fully saturated rings. The molecule has 15 heavy (non-hydrogen) atoms. The molecule has 1 N–H and O–H groups in total. The molecule has 4 heteroatoms. The number of oxazole rings is 1. The summed E-state index contributed by atoms with van der Waals surface area (Å²) in [5.41, 5.74) is 1.06. The van der Waals surface area contributed by atoms with Gasteiger partial charge in [-0.2, -0.15) is 0 Å². The van der Waals surface area contributed by atoms with Crippen molar-refractivity contribution in [2.24, 2.45) is 0 Å². The van der Waals surface area contributed by atoms with Crippen LogP contribution in [0.5, 0.6) is 0 Å². The Balaban J connectivity index is 2.25. The summed E-state index contributed by atoms with van der Waals surface area (Å²) in [7, 11) is 1.87. The van der Waals surface area contributed by atoms with Crippen molar-refractivity contribution in [3.05, 3.63) is 39.9 Å². The fourth-order valence-electron chi connectivity index (χ4n) is 1.29. The molecule has 0 unspecified atom stereocenters. The van der Waals surface area contributed by atoms with Crippen LogP contribution in [0, 0.1) is 3.57 Å². The number of hydrogen-bond donors (Lipinski definition) is 1. The van der Waals surface area contributed by atoms with Gasteiger partial charge in [-0.3, -0.25) is 0 Å². The predicted octanol–water partition coefficient (Wildman–Crippen LogP) is 2.67. The Morgan fingerprint density at radius 1 is 1.33 bits per heavy atom. The van der Waals surface area contributed by atoms with Crippen LogP contribution in [0.1, 0.15) is 5.89 Å². The van der Waals surface area contributed by atoms with Crippen LogP contribution in [-0.2, 0) is 6.54 Å². The summed E-state index contributed by atoms with van der Waals surface area (Å²) in [6.07, 6.45) is 1.76. The normalized spacial score (nSPS) is 10.5. The molecule has 0 radical (unpaired) electrons. The van der Waals surface area contributed by atoms with Gasteiger partial charge in [-0.15, -0.1) is 0 Å². The van der Waals surface area contributed by atoms with Crippen LogP contribution in [-0.4, -0.2) is 12.0 Å². The van der Waals surface area contributed by atoms with E-state index in [1.54, 1.807) is 6.20 Å². The summed E-state index contributed by atoms with van der Waals surface area (Å²) in [5.74, 6) is 1.53. The summed E-state index contributed by atoms with van der Waals surface area (Å²) >= 11 is 2.28. The van der Waals surface area contributed by atoms with Crippen molar-refractivity contribution in [3.8, 4) is 11.3 Å². The SMILES string of the molecule is CNCc1ncc(-c2ccc(I)cc2)o1. The highest BCUT2D eigenvalue weighted by Crippen LogP contribution is 2.21. The molecule has 3 nitrogen and oxygen atoms in total. The Morgan fingerprint density at radius 2 is 2.07 bits per heavy atom. The molecular weight excluding hydrogens is 303 g/mol. The highest BCUT2D eigenvalue weighted by Gasteiger charge is 2.04. The van der Waals surface area contributed by atoms with Crippen molar-refractivity contribution < 1.29 is 4.42 Å². The minimum Gasteiger partial charge on any atom is -0.439 e. The van der Waals surface area contributed by atoms with Crippen LogP contribution in [0.15, 0.2) is 34.9 Å². The monoisotopic (exact) mass is 314 g/mol. The number of halogens is 1. The van der Waals surface area contributed by atoms with Gasteiger partial charge in [-0.25, -0.2) is 4.98 Å². The van der Waals surface area contributed by atoms with Crippen molar-refractivity contribution in [1.82, 2.24) is 10.3 Å². The largest absolute Gasteiger partial charge is 0.439 e. The molecule has 1 aromatic carbocycles. The number of nitrogens with zero attached hydrogens (tertiary/aromatic N) is 1. The van der Waals surface area contributed by atoms with Crippen molar-refractivity contribution in [2.45, 2.75) is 6.54 Å². The lowest BCUT2D eigenvalue weighted by molar-refractivity contribution is 0.491. The summed E-state index contributed by atoms with van der Waals surface area (Å²) in [5, 5.41) is 3.00. The van der Waals surface area contributed by atoms with Gasteiger partial charge in [0.05, 0.1) is 12.7 Å². The van der Waals surface area contributed by atoms with Crippen LogP contribution < -0.4 is 5.32 Å². The van der Waals surface area contributed by atoms with Gasteiger partial charge in [0.15, 0.2) is 5.76 Å². The van der Waals surface area contributed by atoms with Gasteiger partial charge in [0.1, 0.15) is 0 Å². The molecule has 1 heterocycles. The Labute approximate surface area is 102 Å². The molecule has 1 aromatic heterocycles. The van der Waals surface area contributed by atoms with E-state index in [0.29, 0.717) is 12.4 Å². The van der Waals surface area contributed by atoms with E-state index < -0.39 is 0 Å². The summed E-state index contributed by atoms with van der Waals surface area (Å²) in [6.45, 7) is 0.657. The number of aromatic nitrogens is 1. The van der Waals surface area contributed by atoms with Gasteiger partial charge in [0, 0.05) is 9.13 Å². The third-order valence-electron chi connectivity index (χ3n) is 2.01. The van der Waals surface area contributed by atoms with E-state index >= 15 is 0 Å². The first kappa shape index (κ1) is 10.6. The van der Waals surface area contributed by atoms with Crippen molar-refractivity contribution in [1.29, 1.82) is 0 Å². The Morgan fingerprint density at radius 3 is 2.73 bits per heavy atom. The Hall–Kier alpha value is -0.880. The molecule has 0 aliphatic rings. The predicted molar refractivity (Wildman–Crippen MR) is 67.4 cm³/mol. The van der Waals surface area contributed by atoms with Crippen LogP contribution in [0.3, 0.4) is 0 Å². The molecule has 2 aromatic rings. The molecular formula is C11H11IN2O. The fourth-order valence-corrected chi connectivity index (χ4v) is 1.65. The van der Waals surface area contributed by atoms with Gasteiger partial charge >= 0.3 is 0 Å². The molecule has 0 saturated heterocycles.